The first-order chi connectivity index (χ1) is 13.8. The van der Waals surface area contributed by atoms with E-state index in [0.29, 0.717) is 6.61 Å². The maximum Gasteiger partial charge on any atom is 0.261 e. The van der Waals surface area contributed by atoms with Gasteiger partial charge in [0.15, 0.2) is 0 Å². The molecule has 1 aromatic heterocycles. The summed E-state index contributed by atoms with van der Waals surface area (Å²) in [4.78, 5) is 16.0. The van der Waals surface area contributed by atoms with Gasteiger partial charge in [-0.15, -0.1) is 11.3 Å². The van der Waals surface area contributed by atoms with E-state index in [1.54, 1.807) is 0 Å². The van der Waals surface area contributed by atoms with Crippen molar-refractivity contribution in [1.82, 2.24) is 10.2 Å². The normalized spacial score (nSPS) is 21.8. The van der Waals surface area contributed by atoms with Gasteiger partial charge < -0.3 is 15.2 Å². The minimum Gasteiger partial charge on any atom is -0.395 e. The van der Waals surface area contributed by atoms with Crippen LogP contribution in [0.1, 0.15) is 53.4 Å². The molecule has 0 unspecified atom stereocenters. The van der Waals surface area contributed by atoms with Crippen LogP contribution in [0.15, 0.2) is 24.3 Å². The number of fused-ring (bicyclic) bond motifs is 1. The van der Waals surface area contributed by atoms with E-state index >= 15 is 0 Å². The number of thiophene rings is 1. The molecule has 4 rings (SSSR count). The van der Waals surface area contributed by atoms with Crippen LogP contribution in [0.25, 0.3) is 10.1 Å². The van der Waals surface area contributed by atoms with Gasteiger partial charge in [-0.3, -0.25) is 9.69 Å². The van der Waals surface area contributed by atoms with Gasteiger partial charge >= 0.3 is 0 Å². The molecule has 1 aliphatic carbocycles. The third kappa shape index (κ3) is 4.40. The van der Waals surface area contributed by atoms with Gasteiger partial charge in [-0.05, 0) is 30.2 Å². The summed E-state index contributed by atoms with van der Waals surface area (Å²) in [6.07, 6.45) is 6.72. The number of rotatable bonds is 6. The van der Waals surface area contributed by atoms with E-state index in [-0.39, 0.29) is 25.2 Å². The minimum absolute atomic E-state index is 0.0545. The van der Waals surface area contributed by atoms with E-state index in [4.69, 9.17) is 9.84 Å². The van der Waals surface area contributed by atoms with Crippen molar-refractivity contribution in [2.75, 3.05) is 39.4 Å². The van der Waals surface area contributed by atoms with Gasteiger partial charge in [0.2, 0.25) is 0 Å². The molecule has 2 aromatic rings. The molecule has 5 nitrogen and oxygen atoms in total. The number of carbonyl (C=O) groups is 1. The predicted molar refractivity (Wildman–Crippen MR) is 113 cm³/mol. The Morgan fingerprint density at radius 2 is 2.07 bits per heavy atom. The summed E-state index contributed by atoms with van der Waals surface area (Å²) in [5.74, 6) is 0.692. The molecular formula is C22H30N2O3S. The molecular weight excluding hydrogens is 372 g/mol. The fraction of sp³-hybridized carbons (Fsp3) is 0.591. The molecule has 6 heteroatoms. The smallest absolute Gasteiger partial charge is 0.261 e. The van der Waals surface area contributed by atoms with Gasteiger partial charge in [-0.25, -0.2) is 0 Å². The van der Waals surface area contributed by atoms with Gasteiger partial charge in [-0.1, -0.05) is 37.5 Å². The number of morpholine rings is 1. The summed E-state index contributed by atoms with van der Waals surface area (Å²) in [5, 5.41) is 13.0. The molecule has 1 aliphatic heterocycles. The second-order valence-corrected chi connectivity index (χ2v) is 9.00. The summed E-state index contributed by atoms with van der Waals surface area (Å²) in [7, 11) is 0. The van der Waals surface area contributed by atoms with Crippen LogP contribution < -0.4 is 5.32 Å². The minimum atomic E-state index is -0.113. The summed E-state index contributed by atoms with van der Waals surface area (Å²) in [6.45, 7) is 3.89. The Morgan fingerprint density at radius 1 is 1.25 bits per heavy atom. The van der Waals surface area contributed by atoms with Crippen LogP contribution in [-0.4, -0.2) is 55.3 Å². The molecule has 1 amide bonds. The molecule has 0 bridgehead atoms. The van der Waals surface area contributed by atoms with Crippen LogP contribution in [0.2, 0.25) is 0 Å². The lowest BCUT2D eigenvalue weighted by Gasteiger charge is -2.36. The fourth-order valence-corrected chi connectivity index (χ4v) is 5.75. The number of ether oxygens (including phenoxy) is 1. The van der Waals surface area contributed by atoms with Crippen LogP contribution in [0.3, 0.4) is 0 Å². The summed E-state index contributed by atoms with van der Waals surface area (Å²) >= 11 is 1.52. The molecule has 0 spiro atoms. The number of nitrogens with zero attached hydrogens (tertiary/aromatic N) is 1. The lowest BCUT2D eigenvalue weighted by molar-refractivity contribution is -0.0353. The third-order valence-corrected chi connectivity index (χ3v) is 7.14. The molecule has 1 atom stereocenters. The van der Waals surface area contributed by atoms with Crippen molar-refractivity contribution in [3.63, 3.8) is 0 Å². The number of hydrogen-bond acceptors (Lipinski definition) is 5. The highest BCUT2D eigenvalue weighted by atomic mass is 32.1. The van der Waals surface area contributed by atoms with Gasteiger partial charge in [0, 0.05) is 36.4 Å². The number of carbonyl (C=O) groups excluding carboxylic acids is 1. The van der Waals surface area contributed by atoms with E-state index in [2.05, 4.69) is 22.3 Å². The molecule has 28 heavy (non-hydrogen) atoms. The zero-order valence-corrected chi connectivity index (χ0v) is 17.2. The zero-order chi connectivity index (χ0) is 19.3. The van der Waals surface area contributed by atoms with Gasteiger partial charge in [0.1, 0.15) is 0 Å². The van der Waals surface area contributed by atoms with Gasteiger partial charge in [0.05, 0.1) is 24.2 Å². The molecule has 2 N–H and O–H groups in total. The van der Waals surface area contributed by atoms with E-state index < -0.39 is 0 Å². The number of hydrogen-bond donors (Lipinski definition) is 2. The quantitative estimate of drug-likeness (QED) is 0.775. The van der Waals surface area contributed by atoms with Crippen molar-refractivity contribution in [3.8, 4) is 0 Å². The lowest BCUT2D eigenvalue weighted by Crippen LogP contribution is -2.41. The lowest BCUT2D eigenvalue weighted by atomic mass is 9.88. The number of aliphatic hydroxyl groups is 1. The zero-order valence-electron chi connectivity index (χ0n) is 16.4. The Balaban J connectivity index is 1.57. The van der Waals surface area contributed by atoms with Crippen LogP contribution >= 0.6 is 11.3 Å². The average molecular weight is 403 g/mol. The Kier molecular flexibility index (Phi) is 6.62. The van der Waals surface area contributed by atoms with Crippen molar-refractivity contribution in [1.29, 1.82) is 0 Å². The van der Waals surface area contributed by atoms with E-state index in [1.165, 1.54) is 43.4 Å². The fourth-order valence-electron chi connectivity index (χ4n) is 4.58. The SMILES string of the molecule is O=C(NCCO)c1sc2ccccc2c1[C@H]1CN(CC2CCCCC2)CCO1. The predicted octanol–water partition coefficient (Wildman–Crippen LogP) is 3.58. The highest BCUT2D eigenvalue weighted by molar-refractivity contribution is 7.21. The summed E-state index contributed by atoms with van der Waals surface area (Å²) < 4.78 is 7.29. The number of amides is 1. The molecule has 152 valence electrons. The molecule has 1 aromatic carbocycles. The first-order valence-electron chi connectivity index (χ1n) is 10.5. The van der Waals surface area contributed by atoms with Gasteiger partial charge in [-0.2, -0.15) is 0 Å². The largest absolute Gasteiger partial charge is 0.395 e. The molecule has 1 saturated heterocycles. The Hall–Kier alpha value is -1.47. The third-order valence-electron chi connectivity index (χ3n) is 5.95. The second kappa shape index (κ2) is 9.35. The molecule has 2 heterocycles. The van der Waals surface area contributed by atoms with Crippen LogP contribution in [0.5, 0.6) is 0 Å². The van der Waals surface area contributed by atoms with Crippen LogP contribution in [-0.2, 0) is 4.74 Å². The summed E-state index contributed by atoms with van der Waals surface area (Å²) in [5.41, 5.74) is 1.02. The number of nitrogens with one attached hydrogen (secondary N) is 1. The van der Waals surface area contributed by atoms with Crippen molar-refractivity contribution in [2.24, 2.45) is 5.92 Å². The monoisotopic (exact) mass is 402 g/mol. The van der Waals surface area contributed by atoms with Gasteiger partial charge in [0.25, 0.3) is 5.91 Å². The number of benzene rings is 1. The van der Waals surface area contributed by atoms with E-state index in [1.807, 2.05) is 12.1 Å². The summed E-state index contributed by atoms with van der Waals surface area (Å²) in [6, 6.07) is 8.19. The van der Waals surface area contributed by atoms with E-state index in [9.17, 15) is 4.79 Å². The average Bonchev–Trinajstić information content (AvgIpc) is 3.13. The first-order valence-corrected chi connectivity index (χ1v) is 11.3. The molecule has 0 radical (unpaired) electrons. The molecule has 2 aliphatic rings. The molecule has 2 fully saturated rings. The maximum atomic E-state index is 12.8. The maximum absolute atomic E-state index is 12.8. The highest BCUT2D eigenvalue weighted by Gasteiger charge is 2.30. The Bertz CT molecular complexity index is 800. The van der Waals surface area contributed by atoms with Crippen molar-refractivity contribution < 1.29 is 14.6 Å². The Morgan fingerprint density at radius 3 is 2.89 bits per heavy atom. The molecule has 1 saturated carbocycles. The topological polar surface area (TPSA) is 61.8 Å². The highest BCUT2D eigenvalue weighted by Crippen LogP contribution is 2.38. The van der Waals surface area contributed by atoms with Crippen molar-refractivity contribution in [3.05, 3.63) is 34.7 Å². The second-order valence-electron chi connectivity index (χ2n) is 7.94. The van der Waals surface area contributed by atoms with Crippen molar-refractivity contribution in [2.45, 2.75) is 38.2 Å². The first kappa shape index (κ1) is 19.8. The van der Waals surface area contributed by atoms with E-state index in [0.717, 1.165) is 46.1 Å². The van der Waals surface area contributed by atoms with Crippen molar-refractivity contribution >= 4 is 27.3 Å². The van der Waals surface area contributed by atoms with Crippen LogP contribution in [0, 0.1) is 5.92 Å². The number of aliphatic hydroxyl groups excluding tert-OH is 1. The Labute approximate surface area is 170 Å². The van der Waals surface area contributed by atoms with Crippen LogP contribution in [0.4, 0.5) is 0 Å². The standard InChI is InChI=1S/C22H30N2O3S/c25-12-10-23-22(26)21-20(17-8-4-5-9-19(17)28-21)18-15-24(11-13-27-18)14-16-6-2-1-3-7-16/h4-5,8-9,16,18,25H,1-3,6-7,10-15H2,(H,23,26)/t18-/m1/s1.